The molecule has 0 saturated heterocycles. The highest BCUT2D eigenvalue weighted by molar-refractivity contribution is 6.60. The highest BCUT2D eigenvalue weighted by Crippen LogP contribution is 2.19. The van der Waals surface area contributed by atoms with Crippen molar-refractivity contribution in [3.05, 3.63) is 29.8 Å². The Labute approximate surface area is 130 Å². The van der Waals surface area contributed by atoms with Crippen molar-refractivity contribution in [2.75, 3.05) is 25.6 Å². The molecule has 0 spiro atoms. The van der Waals surface area contributed by atoms with Gasteiger partial charge in [0.2, 0.25) is 0 Å². The Morgan fingerprint density at radius 3 is 1.62 bits per heavy atom. The summed E-state index contributed by atoms with van der Waals surface area (Å²) < 4.78 is 18.2. The van der Waals surface area contributed by atoms with Crippen molar-refractivity contribution in [3.63, 3.8) is 0 Å². The highest BCUT2D eigenvalue weighted by Gasteiger charge is 2.41. The molecule has 0 aliphatic carbocycles. The molecule has 2 N–H and O–H groups in total. The topological polar surface area (TPSA) is 53.7 Å². The first-order chi connectivity index (χ1) is 10.2. The third-order valence-electron chi connectivity index (χ3n) is 2.98. The van der Waals surface area contributed by atoms with Crippen LogP contribution in [0.1, 0.15) is 45.6 Å². The molecule has 0 bridgehead atoms. The van der Waals surface area contributed by atoms with Gasteiger partial charge >= 0.3 is 8.80 Å². The maximum atomic E-state index is 6.08. The van der Waals surface area contributed by atoms with Crippen molar-refractivity contribution in [3.8, 4) is 0 Å². The third-order valence-corrected chi connectivity index (χ3v) is 5.75. The molecule has 0 amide bonds. The molecule has 4 nitrogen and oxygen atoms in total. The van der Waals surface area contributed by atoms with Crippen molar-refractivity contribution < 1.29 is 13.3 Å². The van der Waals surface area contributed by atoms with Gasteiger partial charge in [0.1, 0.15) is 0 Å². The van der Waals surface area contributed by atoms with E-state index in [0.29, 0.717) is 25.9 Å². The summed E-state index contributed by atoms with van der Waals surface area (Å²) >= 11 is 0. The van der Waals surface area contributed by atoms with Gasteiger partial charge in [0.15, 0.2) is 0 Å². The van der Waals surface area contributed by atoms with E-state index in [1.54, 1.807) is 0 Å². The number of rotatable bonds is 11. The molecule has 1 aromatic carbocycles. The normalized spacial score (nSPS) is 11.8. The zero-order chi connectivity index (χ0) is 15.6. The standard InChI is InChI=1S/C16H29NO3Si/c1-4-11-18-21(19-12-5-2,20-13-6-3)14-15-7-9-16(17)10-8-15/h7-10H,4-6,11-14,17H2,1-3H3. The maximum absolute atomic E-state index is 6.08. The van der Waals surface area contributed by atoms with E-state index in [2.05, 4.69) is 20.8 Å². The van der Waals surface area contributed by atoms with Crippen LogP contribution in [0.3, 0.4) is 0 Å². The van der Waals surface area contributed by atoms with Gasteiger partial charge < -0.3 is 19.0 Å². The van der Waals surface area contributed by atoms with Crippen LogP contribution in [0.15, 0.2) is 24.3 Å². The lowest BCUT2D eigenvalue weighted by Crippen LogP contribution is -2.49. The predicted octanol–water partition coefficient (Wildman–Crippen LogP) is 3.57. The van der Waals surface area contributed by atoms with E-state index in [-0.39, 0.29) is 0 Å². The molecule has 1 aromatic rings. The minimum Gasteiger partial charge on any atom is -0.399 e. The molecular formula is C16H29NO3Si. The van der Waals surface area contributed by atoms with E-state index in [9.17, 15) is 0 Å². The number of hydrogen-bond acceptors (Lipinski definition) is 4. The van der Waals surface area contributed by atoms with Crippen molar-refractivity contribution in [2.24, 2.45) is 0 Å². The van der Waals surface area contributed by atoms with Crippen LogP contribution in [0.25, 0.3) is 0 Å². The van der Waals surface area contributed by atoms with E-state index in [1.165, 1.54) is 0 Å². The number of anilines is 1. The van der Waals surface area contributed by atoms with E-state index in [0.717, 1.165) is 30.5 Å². The van der Waals surface area contributed by atoms with Gasteiger partial charge in [-0.2, -0.15) is 0 Å². The fourth-order valence-corrected chi connectivity index (χ4v) is 4.77. The van der Waals surface area contributed by atoms with Gasteiger partial charge in [0, 0.05) is 31.6 Å². The number of hydrogen-bond donors (Lipinski definition) is 1. The Balaban J connectivity index is 2.85. The van der Waals surface area contributed by atoms with Crippen LogP contribution in [0, 0.1) is 0 Å². The van der Waals surface area contributed by atoms with E-state index in [4.69, 9.17) is 19.0 Å². The maximum Gasteiger partial charge on any atom is 0.505 e. The van der Waals surface area contributed by atoms with Crippen LogP contribution in [-0.4, -0.2) is 28.6 Å². The van der Waals surface area contributed by atoms with Crippen LogP contribution >= 0.6 is 0 Å². The van der Waals surface area contributed by atoms with Gasteiger partial charge in [-0.05, 0) is 37.0 Å². The predicted molar refractivity (Wildman–Crippen MR) is 89.0 cm³/mol. The first kappa shape index (κ1) is 18.2. The Kier molecular flexibility index (Phi) is 8.60. The molecule has 120 valence electrons. The molecule has 0 aromatic heterocycles. The molecule has 0 saturated carbocycles. The minimum atomic E-state index is -2.66. The zero-order valence-corrected chi connectivity index (χ0v) is 14.6. The average molecular weight is 311 g/mol. The Morgan fingerprint density at radius 1 is 0.810 bits per heavy atom. The monoisotopic (exact) mass is 311 g/mol. The zero-order valence-electron chi connectivity index (χ0n) is 13.6. The SMILES string of the molecule is CCCO[Si](Cc1ccc(N)cc1)(OCCC)OCCC. The molecule has 1 rings (SSSR count). The Morgan fingerprint density at radius 2 is 1.24 bits per heavy atom. The van der Waals surface area contributed by atoms with E-state index in [1.807, 2.05) is 24.3 Å². The van der Waals surface area contributed by atoms with Gasteiger partial charge in [-0.3, -0.25) is 0 Å². The third kappa shape index (κ3) is 6.61. The molecule has 5 heteroatoms. The lowest BCUT2D eigenvalue weighted by Gasteiger charge is -2.29. The summed E-state index contributed by atoms with van der Waals surface area (Å²) in [6, 6.07) is 8.57. The fraction of sp³-hybridized carbons (Fsp3) is 0.625. The fourth-order valence-electron chi connectivity index (χ4n) is 1.94. The van der Waals surface area contributed by atoms with Crippen LogP contribution < -0.4 is 5.73 Å². The van der Waals surface area contributed by atoms with Crippen molar-refractivity contribution in [1.29, 1.82) is 0 Å². The summed E-state index contributed by atoms with van der Waals surface area (Å²) in [5.41, 5.74) is 7.67. The number of nitrogen functional groups attached to an aromatic ring is 1. The average Bonchev–Trinajstić information content (AvgIpc) is 2.51. The number of nitrogens with two attached hydrogens (primary N) is 1. The van der Waals surface area contributed by atoms with Crippen LogP contribution in [-0.2, 0) is 19.3 Å². The van der Waals surface area contributed by atoms with E-state index < -0.39 is 8.80 Å². The van der Waals surface area contributed by atoms with Crippen LogP contribution in [0.4, 0.5) is 5.69 Å². The molecular weight excluding hydrogens is 282 g/mol. The minimum absolute atomic E-state index is 0.675. The smallest absolute Gasteiger partial charge is 0.399 e. The van der Waals surface area contributed by atoms with Gasteiger partial charge in [-0.15, -0.1) is 0 Å². The summed E-state index contributed by atoms with van der Waals surface area (Å²) in [5, 5.41) is 0. The molecule has 0 unspecified atom stereocenters. The molecule has 0 aliphatic rings. The summed E-state index contributed by atoms with van der Waals surface area (Å²) in [6.07, 6.45) is 2.88. The largest absolute Gasteiger partial charge is 0.505 e. The quantitative estimate of drug-likeness (QED) is 0.501. The lowest BCUT2D eigenvalue weighted by molar-refractivity contribution is 0.0583. The second-order valence-corrected chi connectivity index (χ2v) is 7.73. The van der Waals surface area contributed by atoms with Crippen LogP contribution in [0.2, 0.25) is 0 Å². The lowest BCUT2D eigenvalue weighted by atomic mass is 10.2. The van der Waals surface area contributed by atoms with Gasteiger partial charge in [-0.1, -0.05) is 32.9 Å². The second kappa shape index (κ2) is 9.95. The Bertz CT molecular complexity index is 362. The number of benzene rings is 1. The van der Waals surface area contributed by atoms with Gasteiger partial charge in [0.25, 0.3) is 0 Å². The van der Waals surface area contributed by atoms with Crippen molar-refractivity contribution >= 4 is 14.5 Å². The molecule has 0 atom stereocenters. The molecule has 0 heterocycles. The molecule has 0 radical (unpaired) electrons. The Hall–Kier alpha value is -0.883. The molecule has 21 heavy (non-hydrogen) atoms. The summed E-state index contributed by atoms with van der Waals surface area (Å²) in [5.74, 6) is 0. The van der Waals surface area contributed by atoms with Crippen molar-refractivity contribution in [2.45, 2.75) is 46.1 Å². The van der Waals surface area contributed by atoms with Crippen LogP contribution in [0.5, 0.6) is 0 Å². The van der Waals surface area contributed by atoms with Crippen molar-refractivity contribution in [1.82, 2.24) is 0 Å². The summed E-state index contributed by atoms with van der Waals surface area (Å²) in [4.78, 5) is 0. The van der Waals surface area contributed by atoms with E-state index >= 15 is 0 Å². The second-order valence-electron chi connectivity index (χ2n) is 5.15. The first-order valence-electron chi connectivity index (χ1n) is 7.92. The highest BCUT2D eigenvalue weighted by atomic mass is 28.4. The van der Waals surface area contributed by atoms with Gasteiger partial charge in [0.05, 0.1) is 0 Å². The summed E-state index contributed by atoms with van der Waals surface area (Å²) in [7, 11) is -2.66. The molecule has 0 fully saturated rings. The molecule has 0 aliphatic heterocycles. The first-order valence-corrected chi connectivity index (χ1v) is 9.85. The van der Waals surface area contributed by atoms with Gasteiger partial charge in [-0.25, -0.2) is 0 Å². The summed E-state index contributed by atoms with van der Waals surface area (Å²) in [6.45, 7) is 8.32.